The van der Waals surface area contributed by atoms with Crippen molar-refractivity contribution < 1.29 is 13.2 Å². The molecule has 0 atom stereocenters. The van der Waals surface area contributed by atoms with Gasteiger partial charge in [0.1, 0.15) is 5.82 Å². The standard InChI is InChI=1S/C26H28ClF3N2/c1-25(2,3)17-14-32(24-11-20(28)19(27)9-15(17)24)8-7-26(4,5)18-13-31(6)23-12-22(30)21(29)10-16(18)23/h9-14H,7-8H2,1-6H3. The predicted molar refractivity (Wildman–Crippen MR) is 126 cm³/mol. The predicted octanol–water partition coefficient (Wildman–Crippen LogP) is 7.87. The fraction of sp³-hybridized carbons (Fsp3) is 0.385. The average molecular weight is 461 g/mol. The first kappa shape index (κ1) is 22.8. The van der Waals surface area contributed by atoms with Crippen LogP contribution in [0.25, 0.3) is 21.8 Å². The number of rotatable bonds is 4. The average Bonchev–Trinajstić information content (AvgIpc) is 3.19. The van der Waals surface area contributed by atoms with Crippen molar-refractivity contribution in [1.82, 2.24) is 9.13 Å². The first-order chi connectivity index (χ1) is 14.8. The topological polar surface area (TPSA) is 9.86 Å². The Bertz CT molecular complexity index is 1340. The van der Waals surface area contributed by atoms with Crippen LogP contribution in [0.4, 0.5) is 13.2 Å². The normalized spacial score (nSPS) is 12.9. The van der Waals surface area contributed by atoms with Crippen molar-refractivity contribution in [2.45, 2.75) is 58.4 Å². The molecule has 32 heavy (non-hydrogen) atoms. The number of fused-ring (bicyclic) bond motifs is 2. The zero-order valence-corrected chi connectivity index (χ0v) is 20.0. The number of aromatic nitrogens is 2. The SMILES string of the molecule is Cn1cc(C(C)(C)CCn2cc(C(C)(C)C)c3cc(Cl)c(F)cc32)c2cc(F)c(F)cc21. The molecule has 4 aromatic rings. The molecule has 0 N–H and O–H groups in total. The van der Waals surface area contributed by atoms with Gasteiger partial charge in [-0.15, -0.1) is 0 Å². The molecule has 170 valence electrons. The summed E-state index contributed by atoms with van der Waals surface area (Å²) in [7, 11) is 1.83. The monoisotopic (exact) mass is 460 g/mol. The molecular weight excluding hydrogens is 433 g/mol. The maximum atomic E-state index is 14.3. The molecule has 0 aliphatic heterocycles. The summed E-state index contributed by atoms with van der Waals surface area (Å²) in [5.41, 5.74) is 3.07. The Balaban J connectivity index is 1.74. The zero-order valence-electron chi connectivity index (χ0n) is 19.3. The molecule has 0 spiro atoms. The molecule has 2 aromatic heterocycles. The summed E-state index contributed by atoms with van der Waals surface area (Å²) in [6.45, 7) is 11.2. The Morgan fingerprint density at radius 2 is 1.38 bits per heavy atom. The van der Waals surface area contributed by atoms with Crippen LogP contribution in [0.15, 0.2) is 36.7 Å². The summed E-state index contributed by atoms with van der Waals surface area (Å²) in [6, 6.07) is 5.72. The van der Waals surface area contributed by atoms with Gasteiger partial charge < -0.3 is 9.13 Å². The zero-order chi connectivity index (χ0) is 23.6. The molecule has 0 saturated heterocycles. The molecule has 0 amide bonds. The van der Waals surface area contributed by atoms with Crippen LogP contribution >= 0.6 is 11.6 Å². The van der Waals surface area contributed by atoms with E-state index in [4.69, 9.17) is 11.6 Å². The van der Waals surface area contributed by atoms with Gasteiger partial charge in [-0.25, -0.2) is 13.2 Å². The van der Waals surface area contributed by atoms with Crippen molar-refractivity contribution in [3.8, 4) is 0 Å². The minimum Gasteiger partial charge on any atom is -0.350 e. The molecular formula is C26H28ClF3N2. The number of hydrogen-bond acceptors (Lipinski definition) is 0. The Hall–Kier alpha value is -2.40. The van der Waals surface area contributed by atoms with Gasteiger partial charge in [0.2, 0.25) is 0 Å². The first-order valence-electron chi connectivity index (χ1n) is 10.7. The lowest BCUT2D eigenvalue weighted by Crippen LogP contribution is -2.19. The van der Waals surface area contributed by atoms with Crippen LogP contribution in [0.3, 0.4) is 0 Å². The van der Waals surface area contributed by atoms with Crippen molar-refractivity contribution in [2.75, 3.05) is 0 Å². The molecule has 2 heterocycles. The highest BCUT2D eigenvalue weighted by Gasteiger charge is 2.27. The number of benzene rings is 2. The van der Waals surface area contributed by atoms with E-state index in [1.807, 2.05) is 17.8 Å². The molecule has 0 bridgehead atoms. The summed E-state index contributed by atoms with van der Waals surface area (Å²) in [6.07, 6.45) is 4.74. The summed E-state index contributed by atoms with van der Waals surface area (Å²) in [5, 5.41) is 1.78. The minimum atomic E-state index is -0.850. The first-order valence-corrected chi connectivity index (χ1v) is 11.1. The van der Waals surface area contributed by atoms with Gasteiger partial charge in [-0.1, -0.05) is 46.2 Å². The summed E-state index contributed by atoms with van der Waals surface area (Å²) in [5.74, 6) is -2.14. The summed E-state index contributed by atoms with van der Waals surface area (Å²) in [4.78, 5) is 0. The van der Waals surface area contributed by atoms with Crippen molar-refractivity contribution in [1.29, 1.82) is 0 Å². The highest BCUT2D eigenvalue weighted by molar-refractivity contribution is 6.31. The quantitative estimate of drug-likeness (QED) is 0.293. The highest BCUT2D eigenvalue weighted by atomic mass is 35.5. The summed E-state index contributed by atoms with van der Waals surface area (Å²) >= 11 is 6.09. The van der Waals surface area contributed by atoms with Crippen molar-refractivity contribution in [3.05, 3.63) is 70.3 Å². The van der Waals surface area contributed by atoms with E-state index in [-0.39, 0.29) is 15.9 Å². The Labute approximate surface area is 191 Å². The lowest BCUT2D eigenvalue weighted by molar-refractivity contribution is 0.443. The van der Waals surface area contributed by atoms with Crippen molar-refractivity contribution in [2.24, 2.45) is 7.05 Å². The fourth-order valence-electron chi connectivity index (χ4n) is 4.52. The van der Waals surface area contributed by atoms with Crippen LogP contribution in [-0.4, -0.2) is 9.13 Å². The molecule has 0 aliphatic rings. The van der Waals surface area contributed by atoms with E-state index in [1.54, 1.807) is 6.07 Å². The molecule has 4 rings (SSSR count). The van der Waals surface area contributed by atoms with E-state index in [0.29, 0.717) is 17.4 Å². The third-order valence-corrected chi connectivity index (χ3v) is 6.76. The Morgan fingerprint density at radius 1 is 0.781 bits per heavy atom. The molecule has 6 heteroatoms. The van der Waals surface area contributed by atoms with Gasteiger partial charge in [0, 0.05) is 42.8 Å². The van der Waals surface area contributed by atoms with E-state index in [1.165, 1.54) is 18.2 Å². The van der Waals surface area contributed by atoms with Crippen LogP contribution in [0.5, 0.6) is 0 Å². The van der Waals surface area contributed by atoms with E-state index in [2.05, 4.69) is 45.4 Å². The van der Waals surface area contributed by atoms with E-state index in [9.17, 15) is 13.2 Å². The second-order valence-electron chi connectivity index (χ2n) is 10.3. The van der Waals surface area contributed by atoms with Crippen LogP contribution in [0, 0.1) is 17.5 Å². The molecule has 0 saturated carbocycles. The molecule has 0 fully saturated rings. The van der Waals surface area contributed by atoms with Gasteiger partial charge in [0.05, 0.1) is 16.1 Å². The van der Waals surface area contributed by atoms with Crippen LogP contribution < -0.4 is 0 Å². The van der Waals surface area contributed by atoms with E-state index >= 15 is 0 Å². The van der Waals surface area contributed by atoms with Crippen LogP contribution in [0.2, 0.25) is 5.02 Å². The fourth-order valence-corrected chi connectivity index (χ4v) is 4.68. The molecule has 0 radical (unpaired) electrons. The second kappa shape index (κ2) is 7.58. The number of hydrogen-bond donors (Lipinski definition) is 0. The maximum Gasteiger partial charge on any atom is 0.160 e. The van der Waals surface area contributed by atoms with Gasteiger partial charge in [-0.05, 0) is 46.6 Å². The minimum absolute atomic E-state index is 0.117. The lowest BCUT2D eigenvalue weighted by Gasteiger charge is -2.25. The van der Waals surface area contributed by atoms with Gasteiger partial charge in [0.15, 0.2) is 11.6 Å². The smallest absolute Gasteiger partial charge is 0.160 e. The second-order valence-corrected chi connectivity index (χ2v) is 10.7. The number of aryl methyl sites for hydroxylation is 2. The molecule has 0 unspecified atom stereocenters. The Kier molecular flexibility index (Phi) is 5.40. The molecule has 2 nitrogen and oxygen atoms in total. The third-order valence-electron chi connectivity index (χ3n) is 6.47. The number of halogens is 4. The largest absolute Gasteiger partial charge is 0.350 e. The van der Waals surface area contributed by atoms with Crippen LogP contribution in [-0.2, 0) is 24.4 Å². The van der Waals surface area contributed by atoms with E-state index in [0.717, 1.165) is 28.5 Å². The highest BCUT2D eigenvalue weighted by Crippen LogP contribution is 2.38. The molecule has 2 aromatic carbocycles. The van der Waals surface area contributed by atoms with Crippen molar-refractivity contribution >= 4 is 33.4 Å². The van der Waals surface area contributed by atoms with Crippen molar-refractivity contribution in [3.63, 3.8) is 0 Å². The maximum absolute atomic E-state index is 14.3. The summed E-state index contributed by atoms with van der Waals surface area (Å²) < 4.78 is 46.0. The molecule has 0 aliphatic carbocycles. The number of nitrogens with zero attached hydrogens (tertiary/aromatic N) is 2. The van der Waals surface area contributed by atoms with Gasteiger partial charge in [-0.2, -0.15) is 0 Å². The van der Waals surface area contributed by atoms with Gasteiger partial charge >= 0.3 is 0 Å². The lowest BCUT2D eigenvalue weighted by atomic mass is 9.81. The third kappa shape index (κ3) is 3.81. The van der Waals surface area contributed by atoms with Gasteiger partial charge in [0.25, 0.3) is 0 Å². The van der Waals surface area contributed by atoms with Gasteiger partial charge in [-0.3, -0.25) is 0 Å². The van der Waals surface area contributed by atoms with E-state index < -0.39 is 17.5 Å². The Morgan fingerprint density at radius 3 is 2.03 bits per heavy atom. The van der Waals surface area contributed by atoms with Crippen LogP contribution in [0.1, 0.15) is 52.2 Å².